The van der Waals surface area contributed by atoms with E-state index in [0.29, 0.717) is 12.8 Å². The lowest BCUT2D eigenvalue weighted by Gasteiger charge is -2.29. The minimum Gasteiger partial charge on any atom is -0.323 e. The second-order valence-electron chi connectivity index (χ2n) is 9.48. The van der Waals surface area contributed by atoms with Crippen molar-refractivity contribution in [2.75, 3.05) is 6.54 Å². The molecular weight excluding hydrogens is 468 g/mol. The van der Waals surface area contributed by atoms with Gasteiger partial charge in [-0.2, -0.15) is 5.10 Å². The first-order valence-electron chi connectivity index (χ1n) is 11.9. The fourth-order valence-electron chi connectivity index (χ4n) is 5.84. The minimum atomic E-state index is -0.813. The Bertz CT molecular complexity index is 1180. The third-order valence-electron chi connectivity index (χ3n) is 7.45. The van der Waals surface area contributed by atoms with Gasteiger partial charge in [-0.25, -0.2) is 9.80 Å². The normalized spacial score (nSPS) is 26.9. The van der Waals surface area contributed by atoms with E-state index < -0.39 is 11.6 Å². The molecule has 2 aromatic heterocycles. The number of amides is 4. The van der Waals surface area contributed by atoms with Crippen LogP contribution in [0.15, 0.2) is 45.7 Å². The Hall–Kier alpha value is -2.78. The summed E-state index contributed by atoms with van der Waals surface area (Å²) in [6.45, 7) is -0.276. The number of nitrogens with zero attached hydrogens (tertiary/aromatic N) is 3. The molecule has 0 aromatic carbocycles. The molecule has 0 radical (unpaired) electrons. The summed E-state index contributed by atoms with van der Waals surface area (Å²) in [5.41, 5.74) is 1.33. The predicted molar refractivity (Wildman–Crippen MR) is 132 cm³/mol. The maximum atomic E-state index is 13.6. The molecular formula is C25H26N4O3S2. The van der Waals surface area contributed by atoms with Crippen molar-refractivity contribution in [1.82, 2.24) is 15.2 Å². The van der Waals surface area contributed by atoms with Gasteiger partial charge in [-0.3, -0.25) is 14.5 Å². The van der Waals surface area contributed by atoms with Gasteiger partial charge in [-0.05, 0) is 66.6 Å². The number of nitrogens with one attached hydrogen (secondary N) is 1. The molecule has 1 N–H and O–H groups in total. The average Bonchev–Trinajstić information content (AvgIpc) is 3.64. The highest BCUT2D eigenvalue weighted by atomic mass is 32.1. The van der Waals surface area contributed by atoms with Gasteiger partial charge < -0.3 is 5.32 Å². The van der Waals surface area contributed by atoms with Crippen molar-refractivity contribution in [1.29, 1.82) is 0 Å². The summed E-state index contributed by atoms with van der Waals surface area (Å²) in [6.07, 6.45) is 8.23. The Morgan fingerprint density at radius 3 is 2.68 bits per heavy atom. The lowest BCUT2D eigenvalue weighted by Crippen LogP contribution is -2.45. The highest BCUT2D eigenvalue weighted by molar-refractivity contribution is 7.11. The second kappa shape index (κ2) is 8.46. The lowest BCUT2D eigenvalue weighted by molar-refractivity contribution is -0.140. The summed E-state index contributed by atoms with van der Waals surface area (Å²) < 4.78 is 0. The third kappa shape index (κ3) is 3.53. The van der Waals surface area contributed by atoms with Crippen LogP contribution in [-0.2, 0) is 9.59 Å². The van der Waals surface area contributed by atoms with Crippen LogP contribution in [0, 0.1) is 5.92 Å². The number of urea groups is 1. The van der Waals surface area contributed by atoms with E-state index in [1.807, 2.05) is 23.6 Å². The number of fused-ring (bicyclic) bond motifs is 1. The van der Waals surface area contributed by atoms with Crippen molar-refractivity contribution in [3.05, 3.63) is 50.4 Å². The molecule has 176 valence electrons. The monoisotopic (exact) mass is 494 g/mol. The molecule has 2 aliphatic heterocycles. The molecule has 0 bridgehead atoms. The quantitative estimate of drug-likeness (QED) is 0.620. The van der Waals surface area contributed by atoms with Crippen molar-refractivity contribution >= 4 is 52.3 Å². The molecule has 3 fully saturated rings. The van der Waals surface area contributed by atoms with E-state index in [1.165, 1.54) is 10.5 Å². The van der Waals surface area contributed by atoms with Crippen LogP contribution in [0.3, 0.4) is 0 Å². The molecule has 2 atom stereocenters. The van der Waals surface area contributed by atoms with Crippen molar-refractivity contribution in [3.8, 4) is 0 Å². The Balaban J connectivity index is 1.31. The molecule has 6 rings (SSSR count). The summed E-state index contributed by atoms with van der Waals surface area (Å²) in [7, 11) is 0. The van der Waals surface area contributed by atoms with E-state index in [-0.39, 0.29) is 30.3 Å². The molecule has 2 saturated carbocycles. The zero-order valence-electron chi connectivity index (χ0n) is 18.7. The molecule has 9 heteroatoms. The molecule has 1 saturated heterocycles. The molecule has 2 aromatic rings. The van der Waals surface area contributed by atoms with Gasteiger partial charge in [-0.1, -0.05) is 25.0 Å². The number of thiophene rings is 2. The first kappa shape index (κ1) is 21.7. The molecule has 1 spiro atoms. The van der Waals surface area contributed by atoms with E-state index in [1.54, 1.807) is 27.7 Å². The van der Waals surface area contributed by atoms with E-state index in [0.717, 1.165) is 47.6 Å². The first-order valence-corrected chi connectivity index (χ1v) is 13.6. The van der Waals surface area contributed by atoms with Crippen molar-refractivity contribution in [3.63, 3.8) is 0 Å². The molecule has 34 heavy (non-hydrogen) atoms. The van der Waals surface area contributed by atoms with Gasteiger partial charge in [0.25, 0.3) is 11.8 Å². The van der Waals surface area contributed by atoms with Gasteiger partial charge in [0.1, 0.15) is 12.1 Å². The molecule has 2 aliphatic carbocycles. The van der Waals surface area contributed by atoms with Crippen LogP contribution in [-0.4, -0.2) is 45.5 Å². The SMILES string of the molecule is O=C1NC2(CCCC2)C(=O)N1CC(=O)N1N=C2/C(=C/c3cccs3)CCCC2C1c1cccs1. The van der Waals surface area contributed by atoms with Crippen LogP contribution in [0.5, 0.6) is 0 Å². The summed E-state index contributed by atoms with van der Waals surface area (Å²) >= 11 is 3.31. The Kier molecular flexibility index (Phi) is 5.41. The predicted octanol–water partition coefficient (Wildman–Crippen LogP) is 4.80. The molecule has 7 nitrogen and oxygen atoms in total. The van der Waals surface area contributed by atoms with Gasteiger partial charge in [0.05, 0.1) is 11.8 Å². The lowest BCUT2D eigenvalue weighted by atomic mass is 9.79. The smallest absolute Gasteiger partial charge is 0.323 e. The summed E-state index contributed by atoms with van der Waals surface area (Å²) in [6, 6.07) is 7.51. The number of hydrogen-bond donors (Lipinski definition) is 1. The Morgan fingerprint density at radius 1 is 1.15 bits per heavy atom. The number of imide groups is 1. The van der Waals surface area contributed by atoms with E-state index >= 15 is 0 Å². The fourth-order valence-corrected chi connectivity index (χ4v) is 7.39. The molecule has 4 aliphatic rings. The van der Waals surface area contributed by atoms with Crippen molar-refractivity contribution in [2.45, 2.75) is 56.5 Å². The maximum absolute atomic E-state index is 13.6. The van der Waals surface area contributed by atoms with E-state index in [9.17, 15) is 14.4 Å². The number of allylic oxidation sites excluding steroid dienone is 1. The highest BCUT2D eigenvalue weighted by Crippen LogP contribution is 2.46. The van der Waals surface area contributed by atoms with Crippen LogP contribution < -0.4 is 5.32 Å². The van der Waals surface area contributed by atoms with Gasteiger partial charge in [0.15, 0.2) is 0 Å². The minimum absolute atomic E-state index is 0.117. The van der Waals surface area contributed by atoms with Gasteiger partial charge in [0, 0.05) is 15.7 Å². The first-order chi connectivity index (χ1) is 16.6. The number of carbonyl (C=O) groups excluding carboxylic acids is 3. The van der Waals surface area contributed by atoms with Crippen molar-refractivity contribution in [2.24, 2.45) is 11.0 Å². The fraction of sp³-hybridized carbons (Fsp3) is 0.440. The summed E-state index contributed by atoms with van der Waals surface area (Å²) in [4.78, 5) is 42.7. The largest absolute Gasteiger partial charge is 0.325 e. The Morgan fingerprint density at radius 2 is 1.94 bits per heavy atom. The Labute approximate surface area is 206 Å². The van der Waals surface area contributed by atoms with Gasteiger partial charge >= 0.3 is 6.03 Å². The van der Waals surface area contributed by atoms with Crippen LogP contribution in [0.4, 0.5) is 4.79 Å². The third-order valence-corrected chi connectivity index (χ3v) is 9.21. The van der Waals surface area contributed by atoms with Gasteiger partial charge in [-0.15, -0.1) is 22.7 Å². The van der Waals surface area contributed by atoms with Crippen LogP contribution >= 0.6 is 22.7 Å². The standard InChI is InChI=1S/C25H26N4O3S2/c30-20(15-28-23(31)25(26-24(28)32)10-1-2-11-25)29-22(19-9-5-13-34-19)18-8-3-6-16(21(18)27-29)14-17-7-4-12-33-17/h4-5,7,9,12-14,18,22H,1-3,6,8,10-11,15H2,(H,26,32)/b16-14+. The number of rotatable bonds is 4. The molecule has 4 heterocycles. The zero-order valence-corrected chi connectivity index (χ0v) is 20.4. The average molecular weight is 495 g/mol. The maximum Gasteiger partial charge on any atom is 0.325 e. The molecule has 2 unspecified atom stereocenters. The number of hydrogen-bond acceptors (Lipinski definition) is 6. The number of hydrazone groups is 1. The zero-order chi connectivity index (χ0) is 23.3. The summed E-state index contributed by atoms with van der Waals surface area (Å²) in [5, 5.41) is 13.4. The van der Waals surface area contributed by atoms with E-state index in [2.05, 4.69) is 22.8 Å². The second-order valence-corrected chi connectivity index (χ2v) is 11.4. The summed E-state index contributed by atoms with van der Waals surface area (Å²) in [5.74, 6) is -0.459. The highest BCUT2D eigenvalue weighted by Gasteiger charge is 2.53. The van der Waals surface area contributed by atoms with Crippen LogP contribution in [0.1, 0.15) is 60.7 Å². The van der Waals surface area contributed by atoms with Gasteiger partial charge in [0.2, 0.25) is 0 Å². The number of carbonyl (C=O) groups is 3. The van der Waals surface area contributed by atoms with Crippen molar-refractivity contribution < 1.29 is 14.4 Å². The topological polar surface area (TPSA) is 82.1 Å². The molecule has 4 amide bonds. The van der Waals surface area contributed by atoms with Crippen LogP contribution in [0.2, 0.25) is 0 Å². The van der Waals surface area contributed by atoms with E-state index in [4.69, 9.17) is 5.10 Å². The van der Waals surface area contributed by atoms with Crippen LogP contribution in [0.25, 0.3) is 6.08 Å².